The van der Waals surface area contributed by atoms with Crippen LogP contribution >= 0.6 is 15.9 Å². The van der Waals surface area contributed by atoms with Crippen molar-refractivity contribution in [3.05, 3.63) is 34.6 Å². The summed E-state index contributed by atoms with van der Waals surface area (Å²) >= 11 is 3.39. The molecular weight excluding hydrogens is 348 g/mol. The average molecular weight is 365 g/mol. The molecule has 3 rings (SSSR count). The van der Waals surface area contributed by atoms with Crippen LogP contribution in [0.15, 0.2) is 33.3 Å². The molecule has 1 aliphatic rings. The molecule has 0 spiro atoms. The maximum Gasteiger partial charge on any atom is 0.249 e. The second-order valence-electron chi connectivity index (χ2n) is 5.34. The van der Waals surface area contributed by atoms with E-state index in [-0.39, 0.29) is 18.0 Å². The van der Waals surface area contributed by atoms with E-state index < -0.39 is 0 Å². The Balaban J connectivity index is 1.67. The minimum atomic E-state index is -0.313. The second kappa shape index (κ2) is 6.58. The highest BCUT2D eigenvalue weighted by atomic mass is 79.9. The summed E-state index contributed by atoms with van der Waals surface area (Å²) in [6, 6.07) is 7.22. The predicted molar refractivity (Wildman–Crippen MR) is 85.0 cm³/mol. The number of hydrogen-bond acceptors (Lipinski definition) is 5. The maximum atomic E-state index is 12.1. The standard InChI is InChI=1S/C15H17BrN4O2/c1-9(18-14(21)12-3-2-8-17-12)15-19-13(20-22-15)10-4-6-11(16)7-5-10/h4-7,9,12,17H,2-3,8H2,1H3,(H,18,21). The molecule has 22 heavy (non-hydrogen) atoms. The van der Waals surface area contributed by atoms with E-state index >= 15 is 0 Å². The SMILES string of the molecule is CC(NC(=O)C1CCCN1)c1nc(-c2ccc(Br)cc2)no1. The molecule has 1 aliphatic heterocycles. The lowest BCUT2D eigenvalue weighted by Crippen LogP contribution is -2.41. The Labute approximate surface area is 136 Å². The number of aromatic nitrogens is 2. The van der Waals surface area contributed by atoms with Crippen molar-refractivity contribution >= 4 is 21.8 Å². The minimum absolute atomic E-state index is 0.0200. The Hall–Kier alpha value is -1.73. The van der Waals surface area contributed by atoms with Crippen molar-refractivity contribution in [2.45, 2.75) is 31.8 Å². The van der Waals surface area contributed by atoms with E-state index in [0.29, 0.717) is 11.7 Å². The summed E-state index contributed by atoms with van der Waals surface area (Å²) in [7, 11) is 0. The topological polar surface area (TPSA) is 80.0 Å². The van der Waals surface area contributed by atoms with Gasteiger partial charge in [0.25, 0.3) is 0 Å². The molecule has 2 aromatic rings. The van der Waals surface area contributed by atoms with Crippen molar-refractivity contribution in [1.29, 1.82) is 0 Å². The summed E-state index contributed by atoms with van der Waals surface area (Å²) in [4.78, 5) is 16.4. The van der Waals surface area contributed by atoms with Gasteiger partial charge in [0, 0.05) is 10.0 Å². The summed E-state index contributed by atoms with van der Waals surface area (Å²) < 4.78 is 6.26. The molecule has 7 heteroatoms. The molecule has 2 N–H and O–H groups in total. The van der Waals surface area contributed by atoms with Gasteiger partial charge < -0.3 is 15.2 Å². The molecule has 2 unspecified atom stereocenters. The van der Waals surface area contributed by atoms with Gasteiger partial charge in [-0.15, -0.1) is 0 Å². The highest BCUT2D eigenvalue weighted by molar-refractivity contribution is 9.10. The first kappa shape index (κ1) is 15.2. The van der Waals surface area contributed by atoms with E-state index in [1.165, 1.54) is 0 Å². The van der Waals surface area contributed by atoms with Gasteiger partial charge in [-0.3, -0.25) is 4.79 Å². The van der Waals surface area contributed by atoms with Crippen LogP contribution in [-0.2, 0) is 4.79 Å². The molecule has 116 valence electrons. The van der Waals surface area contributed by atoms with E-state index in [1.54, 1.807) is 0 Å². The van der Waals surface area contributed by atoms with Crippen molar-refractivity contribution in [2.75, 3.05) is 6.54 Å². The van der Waals surface area contributed by atoms with Crippen molar-refractivity contribution < 1.29 is 9.32 Å². The average Bonchev–Trinajstić information content (AvgIpc) is 3.20. The van der Waals surface area contributed by atoms with Crippen LogP contribution in [0.1, 0.15) is 31.7 Å². The molecule has 1 aromatic heterocycles. The number of amides is 1. The van der Waals surface area contributed by atoms with Crippen LogP contribution in [-0.4, -0.2) is 28.6 Å². The number of halogens is 1. The maximum absolute atomic E-state index is 12.1. The summed E-state index contributed by atoms with van der Waals surface area (Å²) in [5.74, 6) is 0.903. The number of nitrogens with one attached hydrogen (secondary N) is 2. The van der Waals surface area contributed by atoms with Gasteiger partial charge in [0.05, 0.1) is 6.04 Å². The van der Waals surface area contributed by atoms with Crippen LogP contribution in [0.2, 0.25) is 0 Å². The zero-order chi connectivity index (χ0) is 15.5. The third-order valence-corrected chi connectivity index (χ3v) is 4.18. The first-order valence-electron chi connectivity index (χ1n) is 7.27. The molecule has 0 aliphatic carbocycles. The Morgan fingerprint density at radius 2 is 2.23 bits per heavy atom. The van der Waals surface area contributed by atoms with Gasteiger partial charge in [0.2, 0.25) is 17.6 Å². The molecule has 1 aromatic carbocycles. The lowest BCUT2D eigenvalue weighted by Gasteiger charge is -2.14. The zero-order valence-corrected chi connectivity index (χ0v) is 13.8. The Kier molecular flexibility index (Phi) is 4.54. The fraction of sp³-hybridized carbons (Fsp3) is 0.400. The van der Waals surface area contributed by atoms with Crippen LogP contribution in [0, 0.1) is 0 Å². The molecule has 0 radical (unpaired) electrons. The van der Waals surface area contributed by atoms with Gasteiger partial charge in [-0.2, -0.15) is 4.98 Å². The van der Waals surface area contributed by atoms with E-state index in [2.05, 4.69) is 36.7 Å². The van der Waals surface area contributed by atoms with Crippen molar-refractivity contribution in [3.8, 4) is 11.4 Å². The summed E-state index contributed by atoms with van der Waals surface area (Å²) in [6.45, 7) is 2.73. The number of benzene rings is 1. The normalized spacial score (nSPS) is 19.1. The van der Waals surface area contributed by atoms with Crippen molar-refractivity contribution in [1.82, 2.24) is 20.8 Å². The first-order chi connectivity index (χ1) is 10.6. The molecule has 2 heterocycles. The van der Waals surface area contributed by atoms with E-state index in [1.807, 2.05) is 31.2 Å². The van der Waals surface area contributed by atoms with Gasteiger partial charge in [0.1, 0.15) is 6.04 Å². The fourth-order valence-electron chi connectivity index (χ4n) is 2.41. The third-order valence-electron chi connectivity index (χ3n) is 3.65. The third kappa shape index (κ3) is 3.36. The van der Waals surface area contributed by atoms with E-state index in [4.69, 9.17) is 4.52 Å². The first-order valence-corrected chi connectivity index (χ1v) is 8.06. The Bertz CT molecular complexity index is 650. The number of hydrogen-bond donors (Lipinski definition) is 2. The number of carbonyl (C=O) groups is 1. The molecule has 0 saturated carbocycles. The molecule has 2 atom stereocenters. The molecule has 1 fully saturated rings. The summed E-state index contributed by atoms with van der Waals surface area (Å²) in [5, 5.41) is 10.0. The molecule has 6 nitrogen and oxygen atoms in total. The predicted octanol–water partition coefficient (Wildman–Crippen LogP) is 2.43. The van der Waals surface area contributed by atoms with Gasteiger partial charge in [-0.05, 0) is 50.6 Å². The smallest absolute Gasteiger partial charge is 0.249 e. The largest absolute Gasteiger partial charge is 0.343 e. The van der Waals surface area contributed by atoms with Crippen LogP contribution in [0.25, 0.3) is 11.4 Å². The summed E-state index contributed by atoms with van der Waals surface area (Å²) in [6.07, 6.45) is 1.90. The highest BCUT2D eigenvalue weighted by Crippen LogP contribution is 2.21. The van der Waals surface area contributed by atoms with E-state index in [9.17, 15) is 4.79 Å². The van der Waals surface area contributed by atoms with Gasteiger partial charge in [-0.1, -0.05) is 21.1 Å². The van der Waals surface area contributed by atoms with E-state index in [0.717, 1.165) is 29.4 Å². The van der Waals surface area contributed by atoms with Gasteiger partial charge in [-0.25, -0.2) is 0 Å². The van der Waals surface area contributed by atoms with Crippen LogP contribution in [0.5, 0.6) is 0 Å². The molecule has 1 saturated heterocycles. The van der Waals surface area contributed by atoms with Crippen LogP contribution in [0.3, 0.4) is 0 Å². The molecular formula is C15H17BrN4O2. The molecule has 1 amide bonds. The molecule has 0 bridgehead atoms. The second-order valence-corrected chi connectivity index (χ2v) is 6.26. The Morgan fingerprint density at radius 1 is 1.45 bits per heavy atom. The highest BCUT2D eigenvalue weighted by Gasteiger charge is 2.25. The lowest BCUT2D eigenvalue weighted by atomic mass is 10.2. The van der Waals surface area contributed by atoms with Gasteiger partial charge >= 0.3 is 0 Å². The number of nitrogens with zero attached hydrogens (tertiary/aromatic N) is 2. The van der Waals surface area contributed by atoms with Crippen LogP contribution in [0.4, 0.5) is 0 Å². The van der Waals surface area contributed by atoms with Crippen molar-refractivity contribution in [3.63, 3.8) is 0 Å². The minimum Gasteiger partial charge on any atom is -0.343 e. The zero-order valence-electron chi connectivity index (χ0n) is 12.2. The van der Waals surface area contributed by atoms with Gasteiger partial charge in [0.15, 0.2) is 0 Å². The number of rotatable bonds is 4. The monoisotopic (exact) mass is 364 g/mol. The quantitative estimate of drug-likeness (QED) is 0.870. The Morgan fingerprint density at radius 3 is 2.91 bits per heavy atom. The van der Waals surface area contributed by atoms with Crippen LogP contribution < -0.4 is 10.6 Å². The van der Waals surface area contributed by atoms with Crippen molar-refractivity contribution in [2.24, 2.45) is 0 Å². The summed E-state index contributed by atoms with van der Waals surface area (Å²) in [5.41, 5.74) is 0.870. The number of carbonyl (C=O) groups excluding carboxylic acids is 1. The lowest BCUT2D eigenvalue weighted by molar-refractivity contribution is -0.123. The fourth-order valence-corrected chi connectivity index (χ4v) is 2.68.